The van der Waals surface area contributed by atoms with Crippen molar-refractivity contribution in [1.29, 1.82) is 0 Å². The molecule has 0 amide bonds. The molecule has 1 aromatic carbocycles. The number of pyridine rings is 1. The minimum absolute atomic E-state index is 0.687. The van der Waals surface area contributed by atoms with Gasteiger partial charge in [0.1, 0.15) is 0 Å². The summed E-state index contributed by atoms with van der Waals surface area (Å²) in [6, 6.07) is 9.99. The van der Waals surface area contributed by atoms with Gasteiger partial charge in [-0.3, -0.25) is 0 Å². The second-order valence-corrected chi connectivity index (χ2v) is 4.88. The average molecular weight is 294 g/mol. The molecule has 110 valence electrons. The number of aromatic nitrogens is 4. The molecule has 3 heterocycles. The summed E-state index contributed by atoms with van der Waals surface area (Å²) in [6.45, 7) is 0. The van der Waals surface area contributed by atoms with Gasteiger partial charge in [-0.05, 0) is 18.2 Å². The smallest absolute Gasteiger partial charge is 0.162 e. The van der Waals surface area contributed by atoms with Crippen molar-refractivity contribution in [2.75, 3.05) is 14.2 Å². The maximum atomic E-state index is 5.43. The van der Waals surface area contributed by atoms with E-state index in [-0.39, 0.29) is 0 Å². The van der Waals surface area contributed by atoms with Gasteiger partial charge in [0.05, 0.1) is 43.3 Å². The summed E-state index contributed by atoms with van der Waals surface area (Å²) in [5.74, 6) is 1.38. The number of methoxy groups -OCH3 is 2. The first kappa shape index (κ1) is 12.7. The second kappa shape index (κ2) is 4.77. The predicted molar refractivity (Wildman–Crippen MR) is 82.9 cm³/mol. The molecule has 22 heavy (non-hydrogen) atoms. The third kappa shape index (κ3) is 1.67. The summed E-state index contributed by atoms with van der Waals surface area (Å²) in [6.07, 6.45) is 5.52. The van der Waals surface area contributed by atoms with Gasteiger partial charge in [0.25, 0.3) is 0 Å². The highest BCUT2D eigenvalue weighted by Gasteiger charge is 2.17. The molecule has 0 spiro atoms. The highest BCUT2D eigenvalue weighted by atomic mass is 16.5. The van der Waals surface area contributed by atoms with Gasteiger partial charge in [-0.25, -0.2) is 4.68 Å². The van der Waals surface area contributed by atoms with Gasteiger partial charge in [0.2, 0.25) is 0 Å². The first-order valence-electron chi connectivity index (χ1n) is 6.85. The number of fused-ring (bicyclic) bond motifs is 3. The first-order chi connectivity index (χ1) is 10.8. The molecular formula is C16H14N4O2. The van der Waals surface area contributed by atoms with Crippen LogP contribution in [0.25, 0.3) is 22.1 Å². The van der Waals surface area contributed by atoms with Crippen molar-refractivity contribution < 1.29 is 9.47 Å². The Hall–Kier alpha value is -3.02. The minimum atomic E-state index is 0.687. The van der Waals surface area contributed by atoms with Gasteiger partial charge in [0, 0.05) is 17.6 Å². The van der Waals surface area contributed by atoms with Crippen LogP contribution in [0, 0.1) is 0 Å². The monoisotopic (exact) mass is 294 g/mol. The van der Waals surface area contributed by atoms with Crippen LogP contribution in [0.1, 0.15) is 0 Å². The maximum absolute atomic E-state index is 5.43. The van der Waals surface area contributed by atoms with E-state index in [1.54, 1.807) is 25.1 Å². The minimum Gasteiger partial charge on any atom is -0.493 e. The zero-order valence-corrected chi connectivity index (χ0v) is 12.2. The summed E-state index contributed by atoms with van der Waals surface area (Å²) in [5, 5.41) is 9.08. The van der Waals surface area contributed by atoms with Gasteiger partial charge >= 0.3 is 0 Å². The van der Waals surface area contributed by atoms with Crippen LogP contribution >= 0.6 is 0 Å². The van der Waals surface area contributed by atoms with Crippen molar-refractivity contribution >= 4 is 16.4 Å². The second-order valence-electron chi connectivity index (χ2n) is 4.88. The fraction of sp³-hybridized carbons (Fsp3) is 0.125. The van der Waals surface area contributed by atoms with E-state index in [1.165, 1.54) is 0 Å². The van der Waals surface area contributed by atoms with E-state index in [0.717, 1.165) is 22.1 Å². The Morgan fingerprint density at radius 3 is 2.50 bits per heavy atom. The molecule has 3 aromatic heterocycles. The van der Waals surface area contributed by atoms with Crippen LogP contribution < -0.4 is 9.47 Å². The maximum Gasteiger partial charge on any atom is 0.162 e. The van der Waals surface area contributed by atoms with Gasteiger partial charge in [0.15, 0.2) is 11.5 Å². The van der Waals surface area contributed by atoms with Crippen LogP contribution in [0.15, 0.2) is 48.9 Å². The van der Waals surface area contributed by atoms with Crippen molar-refractivity contribution in [3.8, 4) is 17.2 Å². The molecule has 0 bridgehead atoms. The number of nitrogens with zero attached hydrogens (tertiary/aromatic N) is 4. The van der Waals surface area contributed by atoms with Gasteiger partial charge in [-0.1, -0.05) is 11.3 Å². The molecule has 0 saturated heterocycles. The number of ether oxygens (including phenoxy) is 2. The Kier molecular flexibility index (Phi) is 2.75. The lowest BCUT2D eigenvalue weighted by Crippen LogP contribution is -1.95. The molecule has 0 radical (unpaired) electrons. The molecule has 0 saturated carbocycles. The third-order valence-corrected chi connectivity index (χ3v) is 3.77. The number of hydrogen-bond donors (Lipinski definition) is 0. The van der Waals surface area contributed by atoms with Gasteiger partial charge < -0.3 is 13.9 Å². The van der Waals surface area contributed by atoms with Crippen LogP contribution in [0.4, 0.5) is 0 Å². The van der Waals surface area contributed by atoms with Crippen LogP contribution in [0.3, 0.4) is 0 Å². The molecular weight excluding hydrogens is 280 g/mol. The lowest BCUT2D eigenvalue weighted by atomic mass is 10.2. The standard InChI is InChI=1S/C16H14N4O2/c1-21-14-9-11-13(10-15(14)22-2)19-7-4-3-5-12(19)16(11)20-8-6-17-18-20/h3-10H,1-2H3. The van der Waals surface area contributed by atoms with Crippen molar-refractivity contribution in [2.45, 2.75) is 0 Å². The van der Waals surface area contributed by atoms with Gasteiger partial charge in [-0.2, -0.15) is 0 Å². The van der Waals surface area contributed by atoms with E-state index in [0.29, 0.717) is 11.5 Å². The Balaban J connectivity index is 2.19. The Bertz CT molecular complexity index is 957. The highest BCUT2D eigenvalue weighted by Crippen LogP contribution is 2.37. The van der Waals surface area contributed by atoms with Crippen LogP contribution in [-0.2, 0) is 0 Å². The summed E-state index contributed by atoms with van der Waals surface area (Å²) >= 11 is 0. The number of rotatable bonds is 3. The van der Waals surface area contributed by atoms with Crippen molar-refractivity contribution in [3.63, 3.8) is 0 Å². The molecule has 0 unspecified atom stereocenters. The zero-order valence-electron chi connectivity index (χ0n) is 12.2. The molecule has 6 nitrogen and oxygen atoms in total. The quantitative estimate of drug-likeness (QED) is 0.583. The van der Waals surface area contributed by atoms with Gasteiger partial charge in [-0.15, -0.1) is 5.10 Å². The highest BCUT2D eigenvalue weighted by molar-refractivity contribution is 6.00. The van der Waals surface area contributed by atoms with Crippen LogP contribution in [0.5, 0.6) is 11.5 Å². The predicted octanol–water partition coefficient (Wildman–Crippen LogP) is 2.69. The van der Waals surface area contributed by atoms with Crippen LogP contribution in [-0.4, -0.2) is 33.6 Å². The molecule has 0 aliphatic rings. The Labute approximate surface area is 126 Å². The molecule has 0 atom stereocenters. The summed E-state index contributed by atoms with van der Waals surface area (Å²) in [7, 11) is 3.27. The van der Waals surface area contributed by atoms with E-state index in [9.17, 15) is 0 Å². The van der Waals surface area contributed by atoms with Crippen LogP contribution in [0.2, 0.25) is 0 Å². The summed E-state index contributed by atoms with van der Waals surface area (Å²) in [5.41, 5.74) is 3.03. The lowest BCUT2D eigenvalue weighted by Gasteiger charge is -2.08. The summed E-state index contributed by atoms with van der Waals surface area (Å²) in [4.78, 5) is 0. The molecule has 0 aliphatic heterocycles. The van der Waals surface area contributed by atoms with E-state index in [1.807, 2.05) is 36.7 Å². The number of benzene rings is 1. The number of hydrogen-bond acceptors (Lipinski definition) is 4. The zero-order chi connectivity index (χ0) is 15.1. The molecule has 4 rings (SSSR count). The SMILES string of the molecule is COc1cc2c(-n3ccnn3)c3ccccn3c2cc1OC. The van der Waals surface area contributed by atoms with E-state index < -0.39 is 0 Å². The fourth-order valence-electron chi connectivity index (χ4n) is 2.81. The van der Waals surface area contributed by atoms with Crippen molar-refractivity contribution in [2.24, 2.45) is 0 Å². The molecule has 0 aliphatic carbocycles. The summed E-state index contributed by atoms with van der Waals surface area (Å²) < 4.78 is 14.7. The van der Waals surface area contributed by atoms with E-state index >= 15 is 0 Å². The molecule has 6 heteroatoms. The van der Waals surface area contributed by atoms with E-state index in [4.69, 9.17) is 9.47 Å². The normalized spacial score (nSPS) is 11.2. The topological polar surface area (TPSA) is 53.6 Å². The Morgan fingerprint density at radius 1 is 0.955 bits per heavy atom. The largest absolute Gasteiger partial charge is 0.493 e. The lowest BCUT2D eigenvalue weighted by molar-refractivity contribution is 0.356. The molecule has 4 aromatic rings. The average Bonchev–Trinajstić information content (AvgIpc) is 3.18. The van der Waals surface area contributed by atoms with Crippen molar-refractivity contribution in [3.05, 3.63) is 48.9 Å². The molecule has 0 N–H and O–H groups in total. The fourth-order valence-corrected chi connectivity index (χ4v) is 2.81. The van der Waals surface area contributed by atoms with E-state index in [2.05, 4.69) is 20.8 Å². The Morgan fingerprint density at radius 2 is 1.77 bits per heavy atom. The molecule has 0 fully saturated rings. The van der Waals surface area contributed by atoms with Crippen molar-refractivity contribution in [1.82, 2.24) is 19.4 Å². The first-order valence-corrected chi connectivity index (χ1v) is 6.85. The third-order valence-electron chi connectivity index (χ3n) is 3.77.